The third kappa shape index (κ3) is 2.83. The summed E-state index contributed by atoms with van der Waals surface area (Å²) >= 11 is 3.16. The number of nitrogens with two attached hydrogens (primary N) is 1. The number of hydrogen-bond acceptors (Lipinski definition) is 2. The van der Waals surface area contributed by atoms with E-state index in [0.717, 1.165) is 28.9 Å². The predicted octanol–water partition coefficient (Wildman–Crippen LogP) is 4.35. The van der Waals surface area contributed by atoms with Crippen LogP contribution in [-0.2, 0) is 6.42 Å². The van der Waals surface area contributed by atoms with Gasteiger partial charge < -0.3 is 10.5 Å². The van der Waals surface area contributed by atoms with Gasteiger partial charge in [-0.05, 0) is 64.7 Å². The zero-order valence-corrected chi connectivity index (χ0v) is 13.6. The van der Waals surface area contributed by atoms with Crippen molar-refractivity contribution in [3.05, 3.63) is 63.4 Å². The normalized spacial score (nSPS) is 17.2. The number of hydrogen-bond donors (Lipinski definition) is 1. The summed E-state index contributed by atoms with van der Waals surface area (Å²) in [6, 6.07) is 10.6. The Hall–Kier alpha value is -1.39. The second-order valence-electron chi connectivity index (χ2n) is 6.06. The van der Waals surface area contributed by atoms with Crippen LogP contribution in [0, 0.1) is 5.82 Å². The number of benzene rings is 2. The van der Waals surface area contributed by atoms with Crippen LogP contribution in [0.4, 0.5) is 4.39 Å². The Morgan fingerprint density at radius 2 is 1.86 bits per heavy atom. The highest BCUT2D eigenvalue weighted by atomic mass is 79.9. The molecule has 3 rings (SSSR count). The van der Waals surface area contributed by atoms with E-state index >= 15 is 0 Å². The number of fused-ring (bicyclic) bond motifs is 1. The van der Waals surface area contributed by atoms with Crippen molar-refractivity contribution < 1.29 is 9.13 Å². The molecule has 4 heteroatoms. The Morgan fingerprint density at radius 1 is 1.19 bits per heavy atom. The first-order chi connectivity index (χ1) is 9.85. The molecular formula is C17H17BrFNO. The Kier molecular flexibility index (Phi) is 3.54. The first kappa shape index (κ1) is 14.5. The average molecular weight is 350 g/mol. The minimum absolute atomic E-state index is 0.172. The fraction of sp³-hybridized carbons (Fsp3) is 0.294. The molecular weight excluding hydrogens is 333 g/mol. The molecule has 0 fully saturated rings. The highest BCUT2D eigenvalue weighted by molar-refractivity contribution is 9.10. The molecule has 0 spiro atoms. The van der Waals surface area contributed by atoms with Crippen LogP contribution in [0.25, 0.3) is 0 Å². The molecule has 21 heavy (non-hydrogen) atoms. The van der Waals surface area contributed by atoms with E-state index in [0.29, 0.717) is 4.47 Å². The molecule has 1 aliphatic rings. The summed E-state index contributed by atoms with van der Waals surface area (Å²) in [5.74, 6) is 0.617. The van der Waals surface area contributed by atoms with Crippen LogP contribution in [0.5, 0.6) is 5.75 Å². The van der Waals surface area contributed by atoms with Crippen LogP contribution in [0.3, 0.4) is 0 Å². The highest BCUT2D eigenvalue weighted by Gasteiger charge is 2.30. The predicted molar refractivity (Wildman–Crippen MR) is 85.0 cm³/mol. The van der Waals surface area contributed by atoms with Gasteiger partial charge >= 0.3 is 0 Å². The third-order valence-electron chi connectivity index (χ3n) is 3.75. The Bertz CT molecular complexity index is 699. The molecule has 1 atom stereocenters. The van der Waals surface area contributed by atoms with Crippen molar-refractivity contribution >= 4 is 15.9 Å². The van der Waals surface area contributed by atoms with Gasteiger partial charge in [0.25, 0.3) is 0 Å². The number of ether oxygens (including phenoxy) is 1. The minimum Gasteiger partial charge on any atom is -0.487 e. The molecule has 0 saturated heterocycles. The maximum atomic E-state index is 13.7. The lowest BCUT2D eigenvalue weighted by molar-refractivity contribution is 0.138. The Balaban J connectivity index is 1.93. The molecule has 2 nitrogen and oxygen atoms in total. The molecule has 0 aromatic heterocycles. The molecule has 0 amide bonds. The van der Waals surface area contributed by atoms with Crippen molar-refractivity contribution in [2.24, 2.45) is 5.73 Å². The highest BCUT2D eigenvalue weighted by Crippen LogP contribution is 2.36. The second-order valence-corrected chi connectivity index (χ2v) is 6.91. The largest absolute Gasteiger partial charge is 0.487 e. The van der Waals surface area contributed by atoms with E-state index in [-0.39, 0.29) is 17.5 Å². The third-order valence-corrected chi connectivity index (χ3v) is 4.39. The molecule has 1 aliphatic heterocycles. The second kappa shape index (κ2) is 5.11. The van der Waals surface area contributed by atoms with E-state index in [1.807, 2.05) is 18.2 Å². The maximum absolute atomic E-state index is 13.7. The SMILES string of the molecule is CC1(C)Cc2cc(C(N)c3ccc(Br)c(F)c3)ccc2O1. The van der Waals surface area contributed by atoms with Crippen LogP contribution in [0.1, 0.15) is 36.6 Å². The van der Waals surface area contributed by atoms with Gasteiger partial charge in [0.2, 0.25) is 0 Å². The summed E-state index contributed by atoms with van der Waals surface area (Å²) in [6.45, 7) is 4.13. The molecule has 2 aromatic carbocycles. The van der Waals surface area contributed by atoms with Gasteiger partial charge in [-0.25, -0.2) is 4.39 Å². The summed E-state index contributed by atoms with van der Waals surface area (Å²) in [5, 5.41) is 0. The van der Waals surface area contributed by atoms with E-state index in [1.165, 1.54) is 6.07 Å². The van der Waals surface area contributed by atoms with Crippen molar-refractivity contribution in [2.75, 3.05) is 0 Å². The summed E-state index contributed by atoms with van der Waals surface area (Å²) in [4.78, 5) is 0. The maximum Gasteiger partial charge on any atom is 0.137 e. The standard InChI is InChI=1S/C17H17BrFNO/c1-17(2)9-12-7-10(4-6-15(12)21-17)16(20)11-3-5-13(18)14(19)8-11/h3-8,16H,9,20H2,1-2H3. The van der Waals surface area contributed by atoms with Gasteiger partial charge in [0.1, 0.15) is 17.2 Å². The van der Waals surface area contributed by atoms with E-state index < -0.39 is 0 Å². The molecule has 1 unspecified atom stereocenters. The zero-order valence-electron chi connectivity index (χ0n) is 12.0. The Labute approximate surface area is 132 Å². The van der Waals surface area contributed by atoms with Gasteiger partial charge in [-0.3, -0.25) is 0 Å². The molecule has 2 aromatic rings. The monoisotopic (exact) mass is 349 g/mol. The van der Waals surface area contributed by atoms with Gasteiger partial charge in [0.05, 0.1) is 10.5 Å². The van der Waals surface area contributed by atoms with Gasteiger partial charge in [-0.1, -0.05) is 18.2 Å². The van der Waals surface area contributed by atoms with Crippen molar-refractivity contribution in [1.29, 1.82) is 0 Å². The smallest absolute Gasteiger partial charge is 0.137 e. The van der Waals surface area contributed by atoms with E-state index in [9.17, 15) is 4.39 Å². The van der Waals surface area contributed by atoms with Gasteiger partial charge in [-0.2, -0.15) is 0 Å². The van der Waals surface area contributed by atoms with Gasteiger partial charge in [0, 0.05) is 6.42 Å². The quantitative estimate of drug-likeness (QED) is 0.874. The van der Waals surface area contributed by atoms with Crippen molar-refractivity contribution in [1.82, 2.24) is 0 Å². The molecule has 1 heterocycles. The fourth-order valence-corrected chi connectivity index (χ4v) is 2.97. The molecule has 0 saturated carbocycles. The Morgan fingerprint density at radius 3 is 2.57 bits per heavy atom. The summed E-state index contributed by atoms with van der Waals surface area (Å²) < 4.78 is 20.0. The zero-order chi connectivity index (χ0) is 15.2. The van der Waals surface area contributed by atoms with Crippen molar-refractivity contribution in [2.45, 2.75) is 31.9 Å². The first-order valence-electron chi connectivity index (χ1n) is 6.88. The lowest BCUT2D eigenvalue weighted by Crippen LogP contribution is -2.24. The van der Waals surface area contributed by atoms with Gasteiger partial charge in [-0.15, -0.1) is 0 Å². The topological polar surface area (TPSA) is 35.2 Å². The molecule has 0 aliphatic carbocycles. The first-order valence-corrected chi connectivity index (χ1v) is 7.67. The minimum atomic E-state index is -0.346. The summed E-state index contributed by atoms with van der Waals surface area (Å²) in [7, 11) is 0. The average Bonchev–Trinajstić information content (AvgIpc) is 2.73. The van der Waals surface area contributed by atoms with Crippen LogP contribution in [-0.4, -0.2) is 5.60 Å². The number of rotatable bonds is 2. The molecule has 2 N–H and O–H groups in total. The van der Waals surface area contributed by atoms with Crippen LogP contribution in [0.2, 0.25) is 0 Å². The van der Waals surface area contributed by atoms with Crippen LogP contribution >= 0.6 is 15.9 Å². The molecule has 0 bridgehead atoms. The lowest BCUT2D eigenvalue weighted by Gasteiger charge is -2.16. The van der Waals surface area contributed by atoms with E-state index in [4.69, 9.17) is 10.5 Å². The van der Waals surface area contributed by atoms with Gasteiger partial charge in [0.15, 0.2) is 0 Å². The molecule has 110 valence electrons. The van der Waals surface area contributed by atoms with Crippen LogP contribution < -0.4 is 10.5 Å². The summed E-state index contributed by atoms with van der Waals surface area (Å²) in [6.07, 6.45) is 0.859. The molecule has 0 radical (unpaired) electrons. The van der Waals surface area contributed by atoms with Crippen molar-refractivity contribution in [3.63, 3.8) is 0 Å². The van der Waals surface area contributed by atoms with Crippen molar-refractivity contribution in [3.8, 4) is 5.75 Å². The van der Waals surface area contributed by atoms with E-state index in [2.05, 4.69) is 35.8 Å². The lowest BCUT2D eigenvalue weighted by atomic mass is 9.95. The number of halogens is 2. The summed E-state index contributed by atoms with van der Waals surface area (Å²) in [5.41, 5.74) is 8.99. The van der Waals surface area contributed by atoms with Crippen LogP contribution in [0.15, 0.2) is 40.9 Å². The fourth-order valence-electron chi connectivity index (χ4n) is 2.72. The van der Waals surface area contributed by atoms with E-state index in [1.54, 1.807) is 6.07 Å².